The fraction of sp³-hybridized carbons (Fsp3) is 0.286. The van der Waals surface area contributed by atoms with Crippen molar-refractivity contribution < 1.29 is 13.9 Å². The van der Waals surface area contributed by atoms with Gasteiger partial charge in [-0.25, -0.2) is 4.39 Å². The van der Waals surface area contributed by atoms with Crippen LogP contribution in [0.3, 0.4) is 0 Å². The molecule has 0 aliphatic rings. The number of carbonyl (C=O) groups is 1. The Balaban J connectivity index is 1.34. The fourth-order valence-corrected chi connectivity index (χ4v) is 2.91. The second kappa shape index (κ2) is 9.19. The van der Waals surface area contributed by atoms with Crippen molar-refractivity contribution in [3.05, 3.63) is 66.1 Å². The number of para-hydroxylation sites is 1. The Morgan fingerprint density at radius 3 is 2.78 bits per heavy atom. The molecule has 0 atom stereocenters. The van der Waals surface area contributed by atoms with Gasteiger partial charge in [0.25, 0.3) is 0 Å². The second-order valence-electron chi connectivity index (χ2n) is 6.50. The van der Waals surface area contributed by atoms with Gasteiger partial charge in [-0.2, -0.15) is 0 Å². The highest BCUT2D eigenvalue weighted by Crippen LogP contribution is 2.17. The SMILES string of the molecule is CN(CCOc1ccc(F)cc1)CC(=O)NCCc1c[nH]c2ccccc12. The summed E-state index contributed by atoms with van der Waals surface area (Å²) < 4.78 is 18.4. The Morgan fingerprint density at radius 1 is 1.19 bits per heavy atom. The average Bonchev–Trinajstić information content (AvgIpc) is 3.07. The van der Waals surface area contributed by atoms with E-state index in [1.165, 1.54) is 23.1 Å². The Bertz CT molecular complexity index is 877. The van der Waals surface area contributed by atoms with Gasteiger partial charge in [0.2, 0.25) is 5.91 Å². The molecule has 0 saturated carbocycles. The van der Waals surface area contributed by atoms with Gasteiger partial charge in [0.05, 0.1) is 6.54 Å². The van der Waals surface area contributed by atoms with Gasteiger partial charge >= 0.3 is 0 Å². The van der Waals surface area contributed by atoms with Gasteiger partial charge in [-0.3, -0.25) is 9.69 Å². The molecule has 0 aliphatic carbocycles. The summed E-state index contributed by atoms with van der Waals surface area (Å²) in [7, 11) is 1.87. The molecule has 2 N–H and O–H groups in total. The van der Waals surface area contributed by atoms with E-state index in [0.717, 1.165) is 11.9 Å². The summed E-state index contributed by atoms with van der Waals surface area (Å²) in [6.07, 6.45) is 2.78. The van der Waals surface area contributed by atoms with Crippen molar-refractivity contribution >= 4 is 16.8 Å². The predicted octanol–water partition coefficient (Wildman–Crippen LogP) is 2.98. The molecule has 3 aromatic rings. The third-order valence-corrected chi connectivity index (χ3v) is 4.36. The highest BCUT2D eigenvalue weighted by molar-refractivity contribution is 5.83. The maximum Gasteiger partial charge on any atom is 0.234 e. The smallest absolute Gasteiger partial charge is 0.234 e. The Hall–Kier alpha value is -2.86. The largest absolute Gasteiger partial charge is 0.492 e. The van der Waals surface area contributed by atoms with Crippen LogP contribution in [0.4, 0.5) is 4.39 Å². The lowest BCUT2D eigenvalue weighted by Gasteiger charge is -2.16. The lowest BCUT2D eigenvalue weighted by atomic mass is 10.1. The van der Waals surface area contributed by atoms with Crippen LogP contribution in [0.2, 0.25) is 0 Å². The average molecular weight is 369 g/mol. The maximum atomic E-state index is 12.8. The van der Waals surface area contributed by atoms with E-state index in [2.05, 4.69) is 16.4 Å². The number of carbonyl (C=O) groups excluding carboxylic acids is 1. The van der Waals surface area contributed by atoms with Crippen LogP contribution in [0.15, 0.2) is 54.7 Å². The number of rotatable bonds is 9. The molecule has 0 unspecified atom stereocenters. The number of benzene rings is 2. The third kappa shape index (κ3) is 5.56. The summed E-state index contributed by atoms with van der Waals surface area (Å²) in [5, 5.41) is 4.15. The van der Waals surface area contributed by atoms with Crippen LogP contribution in [-0.4, -0.2) is 49.1 Å². The molecule has 6 heteroatoms. The first-order valence-electron chi connectivity index (χ1n) is 9.00. The maximum absolute atomic E-state index is 12.8. The third-order valence-electron chi connectivity index (χ3n) is 4.36. The normalized spacial score (nSPS) is 11.1. The molecule has 1 aromatic heterocycles. The Labute approximate surface area is 158 Å². The molecule has 1 heterocycles. The van der Waals surface area contributed by atoms with E-state index < -0.39 is 0 Å². The molecule has 1 amide bonds. The minimum Gasteiger partial charge on any atom is -0.492 e. The number of aromatic amines is 1. The van der Waals surface area contributed by atoms with Crippen LogP contribution in [0.5, 0.6) is 5.75 Å². The second-order valence-corrected chi connectivity index (χ2v) is 6.50. The van der Waals surface area contributed by atoms with Crippen molar-refractivity contribution in [2.24, 2.45) is 0 Å². The number of nitrogens with zero attached hydrogens (tertiary/aromatic N) is 1. The van der Waals surface area contributed by atoms with E-state index in [1.807, 2.05) is 36.3 Å². The van der Waals surface area contributed by atoms with Crippen LogP contribution < -0.4 is 10.1 Å². The van der Waals surface area contributed by atoms with Crippen molar-refractivity contribution in [3.63, 3.8) is 0 Å². The molecule has 0 spiro atoms. The number of halogens is 1. The number of fused-ring (bicyclic) bond motifs is 1. The van der Waals surface area contributed by atoms with Crippen molar-refractivity contribution in [3.8, 4) is 5.75 Å². The van der Waals surface area contributed by atoms with Gasteiger partial charge in [-0.05, 0) is 49.4 Å². The number of hydrogen-bond acceptors (Lipinski definition) is 3. The van der Waals surface area contributed by atoms with E-state index in [-0.39, 0.29) is 11.7 Å². The number of H-pyrrole nitrogens is 1. The van der Waals surface area contributed by atoms with Crippen molar-refractivity contribution in [2.75, 3.05) is 33.3 Å². The minimum absolute atomic E-state index is 0.0147. The zero-order chi connectivity index (χ0) is 19.1. The van der Waals surface area contributed by atoms with Crippen LogP contribution in [0.1, 0.15) is 5.56 Å². The molecule has 2 aromatic carbocycles. The quantitative estimate of drug-likeness (QED) is 0.610. The molecular weight excluding hydrogens is 345 g/mol. The molecule has 0 saturated heterocycles. The first-order chi connectivity index (χ1) is 13.1. The number of hydrogen-bond donors (Lipinski definition) is 2. The molecule has 27 heavy (non-hydrogen) atoms. The molecule has 142 valence electrons. The Morgan fingerprint density at radius 2 is 1.96 bits per heavy atom. The number of amides is 1. The standard InChI is InChI=1S/C21H24FN3O2/c1-25(12-13-27-18-8-6-17(22)7-9-18)15-21(26)23-11-10-16-14-24-20-5-3-2-4-19(16)20/h2-9,14,24H,10-13,15H2,1H3,(H,23,26). The van der Waals surface area contributed by atoms with Gasteiger partial charge in [0.15, 0.2) is 0 Å². The van der Waals surface area contributed by atoms with Gasteiger partial charge in [-0.15, -0.1) is 0 Å². The van der Waals surface area contributed by atoms with E-state index in [4.69, 9.17) is 4.74 Å². The molecule has 0 aliphatic heterocycles. The van der Waals surface area contributed by atoms with Gasteiger partial charge < -0.3 is 15.0 Å². The van der Waals surface area contributed by atoms with Crippen LogP contribution >= 0.6 is 0 Å². The van der Waals surface area contributed by atoms with Crippen LogP contribution in [-0.2, 0) is 11.2 Å². The zero-order valence-electron chi connectivity index (χ0n) is 15.4. The van der Waals surface area contributed by atoms with Crippen molar-refractivity contribution in [1.82, 2.24) is 15.2 Å². The summed E-state index contributed by atoms with van der Waals surface area (Å²) in [6, 6.07) is 14.0. The lowest BCUT2D eigenvalue weighted by molar-refractivity contribution is -0.121. The number of aromatic nitrogens is 1. The van der Waals surface area contributed by atoms with E-state index in [1.54, 1.807) is 12.1 Å². The highest BCUT2D eigenvalue weighted by Gasteiger charge is 2.08. The van der Waals surface area contributed by atoms with Gasteiger partial charge in [0.1, 0.15) is 18.2 Å². The van der Waals surface area contributed by atoms with Gasteiger partial charge in [-0.1, -0.05) is 18.2 Å². The van der Waals surface area contributed by atoms with Gasteiger partial charge in [0, 0.05) is 30.2 Å². The monoisotopic (exact) mass is 369 g/mol. The summed E-state index contributed by atoms with van der Waals surface area (Å²) in [5.74, 6) is 0.316. The molecule has 0 fully saturated rings. The first kappa shape index (κ1) is 18.9. The summed E-state index contributed by atoms with van der Waals surface area (Å²) >= 11 is 0. The first-order valence-corrected chi connectivity index (χ1v) is 9.00. The molecule has 3 rings (SSSR count). The predicted molar refractivity (Wildman–Crippen MR) is 104 cm³/mol. The number of likely N-dealkylation sites (N-methyl/N-ethyl adjacent to an activating group) is 1. The minimum atomic E-state index is -0.288. The van der Waals surface area contributed by atoms with Crippen molar-refractivity contribution in [2.45, 2.75) is 6.42 Å². The van der Waals surface area contributed by atoms with Crippen molar-refractivity contribution in [1.29, 1.82) is 0 Å². The molecule has 0 radical (unpaired) electrons. The highest BCUT2D eigenvalue weighted by atomic mass is 19.1. The van der Waals surface area contributed by atoms with E-state index >= 15 is 0 Å². The topological polar surface area (TPSA) is 57.4 Å². The lowest BCUT2D eigenvalue weighted by Crippen LogP contribution is -2.37. The summed E-state index contributed by atoms with van der Waals surface area (Å²) in [6.45, 7) is 1.94. The van der Waals surface area contributed by atoms with Crippen LogP contribution in [0, 0.1) is 5.82 Å². The van der Waals surface area contributed by atoms with Crippen LogP contribution in [0.25, 0.3) is 10.9 Å². The Kier molecular flexibility index (Phi) is 6.44. The summed E-state index contributed by atoms with van der Waals surface area (Å²) in [5.41, 5.74) is 2.31. The molecule has 5 nitrogen and oxygen atoms in total. The summed E-state index contributed by atoms with van der Waals surface area (Å²) in [4.78, 5) is 17.2. The molecular formula is C21H24FN3O2. The van der Waals surface area contributed by atoms with E-state index in [0.29, 0.717) is 32.0 Å². The number of nitrogens with one attached hydrogen (secondary N) is 2. The van der Waals surface area contributed by atoms with E-state index in [9.17, 15) is 9.18 Å². The number of ether oxygens (including phenoxy) is 1. The molecule has 0 bridgehead atoms. The zero-order valence-corrected chi connectivity index (χ0v) is 15.4. The fourth-order valence-electron chi connectivity index (χ4n) is 2.91.